The molecule has 0 saturated carbocycles. The highest BCUT2D eigenvalue weighted by Crippen LogP contribution is 2.21. The van der Waals surface area contributed by atoms with Crippen molar-refractivity contribution in [1.82, 2.24) is 4.98 Å². The third-order valence-corrected chi connectivity index (χ3v) is 3.11. The monoisotopic (exact) mass is 263 g/mol. The van der Waals surface area contributed by atoms with Gasteiger partial charge < -0.3 is 10.5 Å². The van der Waals surface area contributed by atoms with E-state index in [4.69, 9.17) is 0 Å². The van der Waals surface area contributed by atoms with E-state index in [2.05, 4.69) is 65.6 Å². The van der Waals surface area contributed by atoms with Crippen molar-refractivity contribution >= 4 is 21.5 Å². The third kappa shape index (κ3) is 3.05. The molecular formula is C18H17NO. The minimum Gasteiger partial charge on any atom is -0.412 e. The molecule has 2 nitrogen and oxygen atoms in total. The van der Waals surface area contributed by atoms with Crippen molar-refractivity contribution in [3.63, 3.8) is 0 Å². The Morgan fingerprint density at radius 3 is 1.10 bits per heavy atom. The lowest BCUT2D eigenvalue weighted by Crippen LogP contribution is -1.74. The second-order valence-corrected chi connectivity index (χ2v) is 4.43. The lowest BCUT2D eigenvalue weighted by molar-refractivity contribution is 0.824. The number of hydrogen-bond donors (Lipinski definition) is 1. The van der Waals surface area contributed by atoms with Gasteiger partial charge in [0.15, 0.2) is 0 Å². The summed E-state index contributed by atoms with van der Waals surface area (Å²) in [5, 5.41) is 5.25. The van der Waals surface area contributed by atoms with Crippen molar-refractivity contribution in [2.45, 2.75) is 0 Å². The molecule has 3 aromatic carbocycles. The number of fused-ring (bicyclic) bond motifs is 2. The Labute approximate surface area is 118 Å². The van der Waals surface area contributed by atoms with Crippen molar-refractivity contribution in [1.29, 1.82) is 0 Å². The van der Waals surface area contributed by atoms with E-state index >= 15 is 0 Å². The van der Waals surface area contributed by atoms with Crippen molar-refractivity contribution in [2.24, 2.45) is 0 Å². The molecule has 0 atom stereocenters. The average Bonchev–Trinajstić information content (AvgIpc) is 3.04. The molecule has 4 aromatic rings. The fourth-order valence-corrected chi connectivity index (χ4v) is 2.16. The second kappa shape index (κ2) is 6.55. The fraction of sp³-hybridized carbons (Fsp3) is 0. The highest BCUT2D eigenvalue weighted by atomic mass is 16.0. The van der Waals surface area contributed by atoms with Gasteiger partial charge in [-0.25, -0.2) is 0 Å². The number of aromatic amines is 1. The summed E-state index contributed by atoms with van der Waals surface area (Å²) in [4.78, 5) is 2.86. The van der Waals surface area contributed by atoms with Gasteiger partial charge in [0.05, 0.1) is 0 Å². The third-order valence-electron chi connectivity index (χ3n) is 3.11. The van der Waals surface area contributed by atoms with Crippen LogP contribution < -0.4 is 0 Å². The van der Waals surface area contributed by atoms with Crippen LogP contribution in [0.15, 0.2) is 85.2 Å². The molecule has 0 aliphatic heterocycles. The first-order chi connectivity index (χ1) is 9.43. The maximum atomic E-state index is 2.86. The van der Waals surface area contributed by atoms with Gasteiger partial charge in [-0.1, -0.05) is 48.5 Å². The van der Waals surface area contributed by atoms with Gasteiger partial charge >= 0.3 is 0 Å². The molecule has 20 heavy (non-hydrogen) atoms. The summed E-state index contributed by atoms with van der Waals surface area (Å²) in [6, 6.07) is 25.3. The summed E-state index contributed by atoms with van der Waals surface area (Å²) in [6.07, 6.45) is 3.75. The lowest BCUT2D eigenvalue weighted by atomic mass is 10.0. The summed E-state index contributed by atoms with van der Waals surface area (Å²) >= 11 is 0. The van der Waals surface area contributed by atoms with Crippen molar-refractivity contribution in [3.8, 4) is 0 Å². The Kier molecular flexibility index (Phi) is 4.53. The maximum absolute atomic E-state index is 2.86. The van der Waals surface area contributed by atoms with Gasteiger partial charge in [-0.3, -0.25) is 0 Å². The summed E-state index contributed by atoms with van der Waals surface area (Å²) in [5.41, 5.74) is 0. The van der Waals surface area contributed by atoms with Gasteiger partial charge in [0.2, 0.25) is 0 Å². The van der Waals surface area contributed by atoms with Crippen molar-refractivity contribution < 1.29 is 5.48 Å². The number of nitrogens with one attached hydrogen (secondary N) is 1. The van der Waals surface area contributed by atoms with Gasteiger partial charge in [-0.15, -0.1) is 0 Å². The molecule has 2 heteroatoms. The van der Waals surface area contributed by atoms with E-state index in [1.54, 1.807) is 0 Å². The zero-order valence-electron chi connectivity index (χ0n) is 11.1. The minimum atomic E-state index is 0. The molecule has 100 valence electrons. The van der Waals surface area contributed by atoms with Crippen LogP contribution in [0, 0.1) is 0 Å². The number of benzene rings is 3. The first-order valence-electron chi connectivity index (χ1n) is 6.39. The maximum Gasteiger partial charge on any atom is 0.000496 e. The highest BCUT2D eigenvalue weighted by molar-refractivity contribution is 5.98. The molecule has 1 aromatic heterocycles. The quantitative estimate of drug-likeness (QED) is 0.463. The van der Waals surface area contributed by atoms with Crippen LogP contribution in [0.5, 0.6) is 0 Å². The Morgan fingerprint density at radius 1 is 0.500 bits per heavy atom. The molecule has 1 heterocycles. The zero-order chi connectivity index (χ0) is 12.9. The summed E-state index contributed by atoms with van der Waals surface area (Å²) in [7, 11) is 0. The van der Waals surface area contributed by atoms with Crippen LogP contribution in [0.4, 0.5) is 0 Å². The lowest BCUT2D eigenvalue weighted by Gasteiger charge is -2.00. The molecule has 3 N–H and O–H groups in total. The van der Waals surface area contributed by atoms with E-state index in [-0.39, 0.29) is 5.48 Å². The van der Waals surface area contributed by atoms with Crippen LogP contribution in [0.2, 0.25) is 0 Å². The fourth-order valence-electron chi connectivity index (χ4n) is 2.16. The SMILES string of the molecule is O.c1cc[nH]c1.c1ccc2cc3ccccc3cc2c1. The standard InChI is InChI=1S/C14H10.C4H5N.H2O/c1-2-6-12-10-14-8-4-3-7-13(14)9-11(12)5-1;1-2-4-5-3-1;/h1-10H;1-5H;1H2. The van der Waals surface area contributed by atoms with Crippen LogP contribution in [0.25, 0.3) is 21.5 Å². The summed E-state index contributed by atoms with van der Waals surface area (Å²) in [6.45, 7) is 0. The molecule has 0 fully saturated rings. The molecule has 0 saturated heterocycles. The molecule has 0 bridgehead atoms. The van der Waals surface area contributed by atoms with E-state index in [1.807, 2.05) is 24.5 Å². The summed E-state index contributed by atoms with van der Waals surface area (Å²) in [5.74, 6) is 0. The topological polar surface area (TPSA) is 47.3 Å². The van der Waals surface area contributed by atoms with Crippen LogP contribution in [-0.4, -0.2) is 10.5 Å². The highest BCUT2D eigenvalue weighted by Gasteiger charge is 1.95. The van der Waals surface area contributed by atoms with E-state index in [1.165, 1.54) is 21.5 Å². The van der Waals surface area contributed by atoms with Gasteiger partial charge in [-0.05, 0) is 45.8 Å². The van der Waals surface area contributed by atoms with Crippen LogP contribution in [0.1, 0.15) is 0 Å². The normalized spacial score (nSPS) is 9.60. The molecule has 4 rings (SSSR count). The number of rotatable bonds is 0. The van der Waals surface area contributed by atoms with Crippen molar-refractivity contribution in [2.75, 3.05) is 0 Å². The molecule has 0 aliphatic carbocycles. The minimum absolute atomic E-state index is 0. The predicted molar refractivity (Wildman–Crippen MR) is 85.9 cm³/mol. The molecule has 0 spiro atoms. The molecule has 0 aliphatic rings. The number of H-pyrrole nitrogens is 1. The van der Waals surface area contributed by atoms with Gasteiger partial charge in [0, 0.05) is 12.4 Å². The predicted octanol–water partition coefficient (Wildman–Crippen LogP) is 4.18. The van der Waals surface area contributed by atoms with E-state index in [9.17, 15) is 0 Å². The van der Waals surface area contributed by atoms with Gasteiger partial charge in [0.25, 0.3) is 0 Å². The molecule has 0 amide bonds. The second-order valence-electron chi connectivity index (χ2n) is 4.43. The Bertz CT molecular complexity index is 653. The number of aromatic nitrogens is 1. The molecular weight excluding hydrogens is 246 g/mol. The van der Waals surface area contributed by atoms with Gasteiger partial charge in [-0.2, -0.15) is 0 Å². The first kappa shape index (κ1) is 13.8. The van der Waals surface area contributed by atoms with Gasteiger partial charge in [0.1, 0.15) is 0 Å². The number of hydrogen-bond acceptors (Lipinski definition) is 0. The van der Waals surface area contributed by atoms with Crippen LogP contribution in [0.3, 0.4) is 0 Å². The Balaban J connectivity index is 0.000000210. The molecule has 0 unspecified atom stereocenters. The van der Waals surface area contributed by atoms with E-state index in [0.29, 0.717) is 0 Å². The molecule has 0 radical (unpaired) electrons. The Morgan fingerprint density at radius 2 is 0.850 bits per heavy atom. The average molecular weight is 263 g/mol. The van der Waals surface area contributed by atoms with Crippen molar-refractivity contribution in [3.05, 3.63) is 85.2 Å². The van der Waals surface area contributed by atoms with E-state index < -0.39 is 0 Å². The van der Waals surface area contributed by atoms with E-state index in [0.717, 1.165) is 0 Å². The zero-order valence-corrected chi connectivity index (χ0v) is 11.1. The van der Waals surface area contributed by atoms with Crippen LogP contribution >= 0.6 is 0 Å². The smallest absolute Gasteiger partial charge is 0.000496 e. The summed E-state index contributed by atoms with van der Waals surface area (Å²) < 4.78 is 0. The van der Waals surface area contributed by atoms with Crippen LogP contribution in [-0.2, 0) is 0 Å². The largest absolute Gasteiger partial charge is 0.412 e. The Hall–Kier alpha value is -2.58. The first-order valence-corrected chi connectivity index (χ1v) is 6.39.